The molecule has 0 aliphatic heterocycles. The molecule has 78 valence electrons. The van der Waals surface area contributed by atoms with Gasteiger partial charge in [-0.25, -0.2) is 0 Å². The average molecular weight is 210 g/mol. The zero-order chi connectivity index (χ0) is 10.8. The molecule has 0 unspecified atom stereocenters. The molecule has 16 heavy (non-hydrogen) atoms. The predicted molar refractivity (Wildman–Crippen MR) is 62.6 cm³/mol. The summed E-state index contributed by atoms with van der Waals surface area (Å²) in [5.74, 6) is 1.66. The van der Waals surface area contributed by atoms with E-state index in [-0.39, 0.29) is 0 Å². The molecule has 3 rings (SSSR count). The Hall–Kier alpha value is -2.29. The Labute approximate surface area is 92.7 Å². The van der Waals surface area contributed by atoms with Gasteiger partial charge in [0.1, 0.15) is 11.5 Å². The van der Waals surface area contributed by atoms with Crippen LogP contribution in [0.15, 0.2) is 54.7 Å². The van der Waals surface area contributed by atoms with E-state index in [1.807, 2.05) is 48.5 Å². The second kappa shape index (κ2) is 3.70. The second-order valence-electron chi connectivity index (χ2n) is 3.53. The largest absolute Gasteiger partial charge is 0.457 e. The molecule has 3 heteroatoms. The zero-order valence-corrected chi connectivity index (χ0v) is 8.55. The Morgan fingerprint density at radius 1 is 0.938 bits per heavy atom. The van der Waals surface area contributed by atoms with Gasteiger partial charge in [-0.05, 0) is 30.3 Å². The minimum atomic E-state index is 0.820. The lowest BCUT2D eigenvalue weighted by Crippen LogP contribution is -1.82. The first-order valence-electron chi connectivity index (χ1n) is 5.08. The highest BCUT2D eigenvalue weighted by atomic mass is 16.5. The summed E-state index contributed by atoms with van der Waals surface area (Å²) in [7, 11) is 0. The van der Waals surface area contributed by atoms with Crippen molar-refractivity contribution in [3.8, 4) is 11.5 Å². The summed E-state index contributed by atoms with van der Waals surface area (Å²) in [5.41, 5.74) is 1.01. The molecule has 0 fully saturated rings. The number of nitrogens with one attached hydrogen (secondary N) is 1. The Morgan fingerprint density at radius 2 is 1.81 bits per heavy atom. The van der Waals surface area contributed by atoms with E-state index in [1.165, 1.54) is 0 Å². The maximum Gasteiger partial charge on any atom is 0.128 e. The third-order valence-electron chi connectivity index (χ3n) is 2.39. The minimum Gasteiger partial charge on any atom is -0.457 e. The fourth-order valence-electron chi connectivity index (χ4n) is 1.61. The van der Waals surface area contributed by atoms with Gasteiger partial charge in [0.2, 0.25) is 0 Å². The van der Waals surface area contributed by atoms with Crippen LogP contribution in [0, 0.1) is 0 Å². The fourth-order valence-corrected chi connectivity index (χ4v) is 1.61. The molecule has 0 aliphatic carbocycles. The van der Waals surface area contributed by atoms with Gasteiger partial charge >= 0.3 is 0 Å². The number of benzene rings is 2. The van der Waals surface area contributed by atoms with Crippen LogP contribution in [-0.4, -0.2) is 10.2 Å². The first kappa shape index (κ1) is 8.97. The van der Waals surface area contributed by atoms with E-state index in [9.17, 15) is 0 Å². The monoisotopic (exact) mass is 210 g/mol. The first-order chi connectivity index (χ1) is 7.92. The van der Waals surface area contributed by atoms with E-state index in [1.54, 1.807) is 6.20 Å². The van der Waals surface area contributed by atoms with E-state index in [4.69, 9.17) is 4.74 Å². The third-order valence-corrected chi connectivity index (χ3v) is 2.39. The van der Waals surface area contributed by atoms with Gasteiger partial charge in [0.15, 0.2) is 0 Å². The summed E-state index contributed by atoms with van der Waals surface area (Å²) >= 11 is 0. The number of rotatable bonds is 2. The molecule has 3 nitrogen and oxygen atoms in total. The average Bonchev–Trinajstić information content (AvgIpc) is 2.77. The highest BCUT2D eigenvalue weighted by Gasteiger charge is 1.99. The van der Waals surface area contributed by atoms with Crippen LogP contribution in [0.2, 0.25) is 0 Å². The Morgan fingerprint density at radius 3 is 2.69 bits per heavy atom. The van der Waals surface area contributed by atoms with Crippen LogP contribution in [0.1, 0.15) is 0 Å². The lowest BCUT2D eigenvalue weighted by Gasteiger charge is -2.04. The van der Waals surface area contributed by atoms with E-state index >= 15 is 0 Å². The molecule has 3 aromatic rings. The van der Waals surface area contributed by atoms with Gasteiger partial charge < -0.3 is 4.74 Å². The van der Waals surface area contributed by atoms with Crippen molar-refractivity contribution in [2.75, 3.05) is 0 Å². The molecule has 1 N–H and O–H groups in total. The van der Waals surface area contributed by atoms with Crippen molar-refractivity contribution < 1.29 is 4.74 Å². The number of aromatic nitrogens is 2. The summed E-state index contributed by atoms with van der Waals surface area (Å²) in [4.78, 5) is 0. The number of hydrogen-bond donors (Lipinski definition) is 1. The van der Waals surface area contributed by atoms with Gasteiger partial charge in [-0.3, -0.25) is 5.10 Å². The van der Waals surface area contributed by atoms with Crippen molar-refractivity contribution in [3.05, 3.63) is 54.7 Å². The molecule has 0 radical (unpaired) electrons. The summed E-state index contributed by atoms with van der Waals surface area (Å²) < 4.78 is 5.71. The molecule has 1 heterocycles. The van der Waals surface area contributed by atoms with Crippen LogP contribution in [0.25, 0.3) is 10.9 Å². The number of hydrogen-bond acceptors (Lipinski definition) is 2. The molecule has 2 aromatic carbocycles. The van der Waals surface area contributed by atoms with E-state index < -0.39 is 0 Å². The van der Waals surface area contributed by atoms with Crippen molar-refractivity contribution in [2.24, 2.45) is 0 Å². The van der Waals surface area contributed by atoms with Gasteiger partial charge in [0.25, 0.3) is 0 Å². The van der Waals surface area contributed by atoms with Crippen LogP contribution in [-0.2, 0) is 0 Å². The molecule has 0 atom stereocenters. The molecule has 1 aromatic heterocycles. The lowest BCUT2D eigenvalue weighted by atomic mass is 10.2. The maximum atomic E-state index is 5.71. The quantitative estimate of drug-likeness (QED) is 0.704. The summed E-state index contributed by atoms with van der Waals surface area (Å²) in [6.45, 7) is 0. The van der Waals surface area contributed by atoms with Crippen LogP contribution >= 0.6 is 0 Å². The van der Waals surface area contributed by atoms with Crippen molar-refractivity contribution >= 4 is 10.9 Å². The second-order valence-corrected chi connectivity index (χ2v) is 3.53. The van der Waals surface area contributed by atoms with Crippen molar-refractivity contribution in [1.29, 1.82) is 0 Å². The fraction of sp³-hybridized carbons (Fsp3) is 0. The molecule has 0 saturated carbocycles. The van der Waals surface area contributed by atoms with Gasteiger partial charge in [-0.1, -0.05) is 18.2 Å². The van der Waals surface area contributed by atoms with Gasteiger partial charge in [0.05, 0.1) is 11.7 Å². The standard InChI is InChI=1S/C13H10N2O/c1-2-4-11(5-3-1)16-12-6-7-13-10(8-12)9-14-15-13/h1-9H,(H,14,15). The SMILES string of the molecule is c1ccc(Oc2ccc3[nH]ncc3c2)cc1. The van der Waals surface area contributed by atoms with E-state index in [0.29, 0.717) is 0 Å². The number of para-hydroxylation sites is 1. The summed E-state index contributed by atoms with van der Waals surface area (Å²) in [6, 6.07) is 15.6. The van der Waals surface area contributed by atoms with Crippen LogP contribution in [0.3, 0.4) is 0 Å². The number of H-pyrrole nitrogens is 1. The molecule has 0 spiro atoms. The molecular weight excluding hydrogens is 200 g/mol. The van der Waals surface area contributed by atoms with Gasteiger partial charge in [-0.2, -0.15) is 5.10 Å². The highest BCUT2D eigenvalue weighted by Crippen LogP contribution is 2.24. The molecule has 0 saturated heterocycles. The molecular formula is C13H10N2O. The lowest BCUT2D eigenvalue weighted by molar-refractivity contribution is 0.483. The maximum absolute atomic E-state index is 5.71. The van der Waals surface area contributed by atoms with Crippen molar-refractivity contribution in [2.45, 2.75) is 0 Å². The van der Waals surface area contributed by atoms with Gasteiger partial charge in [0, 0.05) is 5.39 Å². The van der Waals surface area contributed by atoms with Gasteiger partial charge in [-0.15, -0.1) is 0 Å². The number of fused-ring (bicyclic) bond motifs is 1. The van der Waals surface area contributed by atoms with Crippen LogP contribution < -0.4 is 4.74 Å². The van der Waals surface area contributed by atoms with E-state index in [0.717, 1.165) is 22.4 Å². The first-order valence-corrected chi connectivity index (χ1v) is 5.08. The van der Waals surface area contributed by atoms with Crippen molar-refractivity contribution in [3.63, 3.8) is 0 Å². The zero-order valence-electron chi connectivity index (χ0n) is 8.55. The topological polar surface area (TPSA) is 37.9 Å². The Balaban J connectivity index is 1.94. The molecule has 0 amide bonds. The van der Waals surface area contributed by atoms with Crippen LogP contribution in [0.4, 0.5) is 0 Å². The summed E-state index contributed by atoms with van der Waals surface area (Å²) in [6.07, 6.45) is 1.78. The smallest absolute Gasteiger partial charge is 0.128 e. The minimum absolute atomic E-state index is 0.820. The summed E-state index contributed by atoms with van der Waals surface area (Å²) in [5, 5.41) is 7.92. The molecule has 0 aliphatic rings. The highest BCUT2D eigenvalue weighted by molar-refractivity contribution is 5.79. The van der Waals surface area contributed by atoms with E-state index in [2.05, 4.69) is 10.2 Å². The molecule has 0 bridgehead atoms. The third kappa shape index (κ3) is 1.63. The predicted octanol–water partition coefficient (Wildman–Crippen LogP) is 3.36. The van der Waals surface area contributed by atoms with Crippen LogP contribution in [0.5, 0.6) is 11.5 Å². The van der Waals surface area contributed by atoms with Crippen molar-refractivity contribution in [1.82, 2.24) is 10.2 Å². The Bertz CT molecular complexity index is 601. The number of aromatic amines is 1. The normalized spacial score (nSPS) is 10.5. The Kier molecular flexibility index (Phi) is 2.07. The number of nitrogens with zero attached hydrogens (tertiary/aromatic N) is 1. The number of ether oxygens (including phenoxy) is 1.